The Kier molecular flexibility index (Phi) is 4.24. The summed E-state index contributed by atoms with van der Waals surface area (Å²) >= 11 is 0. The molecule has 5 nitrogen and oxygen atoms in total. The van der Waals surface area contributed by atoms with Crippen LogP contribution in [0, 0.1) is 12.8 Å². The van der Waals surface area contributed by atoms with Crippen LogP contribution in [0.25, 0.3) is 0 Å². The van der Waals surface area contributed by atoms with Gasteiger partial charge in [0, 0.05) is 38.8 Å². The second-order valence-electron chi connectivity index (χ2n) is 6.02. The van der Waals surface area contributed by atoms with Crippen molar-refractivity contribution in [1.82, 2.24) is 20.4 Å². The Hall–Kier alpha value is -2.14. The Labute approximate surface area is 130 Å². The highest BCUT2D eigenvalue weighted by Gasteiger charge is 2.34. The van der Waals surface area contributed by atoms with Crippen LogP contribution in [0.3, 0.4) is 0 Å². The van der Waals surface area contributed by atoms with E-state index < -0.39 is 0 Å². The third-order valence-electron chi connectivity index (χ3n) is 4.29. The molecule has 2 aromatic rings. The number of carbonyl (C=O) groups excluding carboxylic acids is 1. The predicted octanol–water partition coefficient (Wildman–Crippen LogP) is 1.35. The molecule has 2 atom stereocenters. The third kappa shape index (κ3) is 3.20. The van der Waals surface area contributed by atoms with Crippen molar-refractivity contribution >= 4 is 5.91 Å². The van der Waals surface area contributed by atoms with Gasteiger partial charge in [-0.3, -0.25) is 9.48 Å². The molecule has 1 aliphatic heterocycles. The zero-order chi connectivity index (χ0) is 15.5. The van der Waals surface area contributed by atoms with Crippen molar-refractivity contribution in [2.24, 2.45) is 13.0 Å². The smallest absolute Gasteiger partial charge is 0.225 e. The summed E-state index contributed by atoms with van der Waals surface area (Å²) in [5, 5.41) is 10.6. The summed E-state index contributed by atoms with van der Waals surface area (Å²) in [5.74, 6) is 0.279. The molecule has 2 heterocycles. The fourth-order valence-electron chi connectivity index (χ4n) is 2.96. The van der Waals surface area contributed by atoms with E-state index in [1.165, 1.54) is 5.56 Å². The summed E-state index contributed by atoms with van der Waals surface area (Å²) in [6, 6.07) is 8.25. The first-order valence-electron chi connectivity index (χ1n) is 7.66. The number of rotatable bonds is 4. The van der Waals surface area contributed by atoms with Gasteiger partial charge < -0.3 is 10.6 Å². The molecule has 0 radical (unpaired) electrons. The number of aromatic nitrogens is 2. The zero-order valence-electron chi connectivity index (χ0n) is 13.0. The Balaban J connectivity index is 1.62. The molecule has 0 aliphatic carbocycles. The van der Waals surface area contributed by atoms with Crippen molar-refractivity contribution in [2.45, 2.75) is 19.4 Å². The van der Waals surface area contributed by atoms with Crippen LogP contribution in [0.5, 0.6) is 0 Å². The number of benzene rings is 1. The van der Waals surface area contributed by atoms with Gasteiger partial charge in [0.1, 0.15) is 0 Å². The van der Waals surface area contributed by atoms with Crippen LogP contribution in [0.15, 0.2) is 36.7 Å². The lowest BCUT2D eigenvalue weighted by atomic mass is 9.90. The molecule has 1 amide bonds. The van der Waals surface area contributed by atoms with Crippen molar-refractivity contribution in [3.05, 3.63) is 53.3 Å². The van der Waals surface area contributed by atoms with Crippen LogP contribution in [-0.2, 0) is 18.4 Å². The van der Waals surface area contributed by atoms with Gasteiger partial charge in [-0.15, -0.1) is 0 Å². The number of aryl methyl sites for hydroxylation is 2. The molecule has 0 saturated carbocycles. The van der Waals surface area contributed by atoms with Crippen molar-refractivity contribution < 1.29 is 4.79 Å². The second-order valence-corrected chi connectivity index (χ2v) is 6.02. The van der Waals surface area contributed by atoms with Crippen LogP contribution in [0.1, 0.15) is 22.6 Å². The lowest BCUT2D eigenvalue weighted by molar-refractivity contribution is -0.125. The number of amides is 1. The summed E-state index contributed by atoms with van der Waals surface area (Å²) in [7, 11) is 1.90. The van der Waals surface area contributed by atoms with E-state index in [9.17, 15) is 4.79 Å². The first kappa shape index (κ1) is 14.8. The van der Waals surface area contributed by atoms with Crippen LogP contribution in [-0.4, -0.2) is 28.8 Å². The average molecular weight is 298 g/mol. The minimum Gasteiger partial charge on any atom is -0.352 e. The lowest BCUT2D eigenvalue weighted by Crippen LogP contribution is -2.33. The van der Waals surface area contributed by atoms with E-state index in [0.29, 0.717) is 6.54 Å². The van der Waals surface area contributed by atoms with E-state index in [1.54, 1.807) is 4.68 Å². The Morgan fingerprint density at radius 1 is 1.36 bits per heavy atom. The van der Waals surface area contributed by atoms with E-state index in [2.05, 4.69) is 46.9 Å². The molecule has 116 valence electrons. The Morgan fingerprint density at radius 2 is 2.14 bits per heavy atom. The van der Waals surface area contributed by atoms with Gasteiger partial charge in [0.25, 0.3) is 0 Å². The van der Waals surface area contributed by atoms with Gasteiger partial charge in [-0.1, -0.05) is 29.8 Å². The summed E-state index contributed by atoms with van der Waals surface area (Å²) in [6.07, 6.45) is 3.86. The normalized spacial score (nSPS) is 21.0. The zero-order valence-corrected chi connectivity index (χ0v) is 13.0. The van der Waals surface area contributed by atoms with Crippen LogP contribution in [0.2, 0.25) is 0 Å². The molecule has 1 fully saturated rings. The van der Waals surface area contributed by atoms with E-state index >= 15 is 0 Å². The van der Waals surface area contributed by atoms with Gasteiger partial charge in [-0.2, -0.15) is 5.10 Å². The third-order valence-corrected chi connectivity index (χ3v) is 4.29. The fraction of sp³-hybridized carbons (Fsp3) is 0.412. The molecule has 0 spiro atoms. The van der Waals surface area contributed by atoms with E-state index in [1.807, 2.05) is 19.4 Å². The predicted molar refractivity (Wildman–Crippen MR) is 85.3 cm³/mol. The van der Waals surface area contributed by atoms with Crippen LogP contribution < -0.4 is 10.6 Å². The van der Waals surface area contributed by atoms with E-state index in [0.717, 1.165) is 24.2 Å². The molecule has 0 bridgehead atoms. The number of hydrogen-bond acceptors (Lipinski definition) is 3. The molecule has 22 heavy (non-hydrogen) atoms. The first-order chi connectivity index (χ1) is 10.6. The van der Waals surface area contributed by atoms with Crippen LogP contribution in [0.4, 0.5) is 0 Å². The van der Waals surface area contributed by atoms with Gasteiger partial charge in [0.05, 0.1) is 12.1 Å². The van der Waals surface area contributed by atoms with Crippen molar-refractivity contribution in [3.63, 3.8) is 0 Å². The number of carbonyl (C=O) groups is 1. The number of nitrogens with one attached hydrogen (secondary N) is 2. The van der Waals surface area contributed by atoms with Crippen molar-refractivity contribution in [1.29, 1.82) is 0 Å². The Bertz CT molecular complexity index is 647. The van der Waals surface area contributed by atoms with E-state index in [4.69, 9.17) is 0 Å². The average Bonchev–Trinajstić information content (AvgIpc) is 3.14. The van der Waals surface area contributed by atoms with E-state index in [-0.39, 0.29) is 17.7 Å². The minimum atomic E-state index is -0.0327. The van der Waals surface area contributed by atoms with Gasteiger partial charge in [0.15, 0.2) is 0 Å². The van der Waals surface area contributed by atoms with Gasteiger partial charge in [-0.25, -0.2) is 0 Å². The summed E-state index contributed by atoms with van der Waals surface area (Å²) in [4.78, 5) is 12.5. The lowest BCUT2D eigenvalue weighted by Gasteiger charge is -2.17. The fourth-order valence-corrected chi connectivity index (χ4v) is 2.96. The minimum absolute atomic E-state index is 0.0327. The molecule has 1 aromatic carbocycles. The summed E-state index contributed by atoms with van der Waals surface area (Å²) < 4.78 is 1.79. The summed E-state index contributed by atoms with van der Waals surface area (Å²) in [5.41, 5.74) is 3.48. The second kappa shape index (κ2) is 6.32. The SMILES string of the molecule is Cc1ccc(CNC(=O)[C@H]2CNC[C@@H]2c2cnn(C)c2)cc1. The monoisotopic (exact) mass is 298 g/mol. The largest absolute Gasteiger partial charge is 0.352 e. The molecule has 0 unspecified atom stereocenters. The molecule has 1 aromatic heterocycles. The Morgan fingerprint density at radius 3 is 2.82 bits per heavy atom. The maximum absolute atomic E-state index is 12.5. The molecule has 3 rings (SSSR count). The highest BCUT2D eigenvalue weighted by atomic mass is 16.1. The highest BCUT2D eigenvalue weighted by Crippen LogP contribution is 2.27. The molecule has 1 aliphatic rings. The quantitative estimate of drug-likeness (QED) is 0.896. The molecule has 1 saturated heterocycles. The van der Waals surface area contributed by atoms with Crippen molar-refractivity contribution in [3.8, 4) is 0 Å². The molecular weight excluding hydrogens is 276 g/mol. The maximum Gasteiger partial charge on any atom is 0.225 e. The topological polar surface area (TPSA) is 59.0 Å². The summed E-state index contributed by atoms with van der Waals surface area (Å²) in [6.45, 7) is 4.19. The first-order valence-corrected chi connectivity index (χ1v) is 7.66. The molecule has 2 N–H and O–H groups in total. The van der Waals surface area contributed by atoms with Crippen LogP contribution >= 0.6 is 0 Å². The maximum atomic E-state index is 12.5. The highest BCUT2D eigenvalue weighted by molar-refractivity contribution is 5.80. The molecule has 5 heteroatoms. The van der Waals surface area contributed by atoms with Gasteiger partial charge >= 0.3 is 0 Å². The number of hydrogen-bond donors (Lipinski definition) is 2. The molecular formula is C17H22N4O. The van der Waals surface area contributed by atoms with Crippen molar-refractivity contribution in [2.75, 3.05) is 13.1 Å². The van der Waals surface area contributed by atoms with Gasteiger partial charge in [-0.05, 0) is 18.1 Å². The standard InChI is InChI=1S/C17H22N4O/c1-12-3-5-13(6-4-12)7-19-17(22)16-10-18-9-15(16)14-8-20-21(2)11-14/h3-6,8,11,15-16,18H,7,9-10H2,1-2H3,(H,19,22)/t15-,16+/m1/s1. The van der Waals surface area contributed by atoms with Gasteiger partial charge in [0.2, 0.25) is 5.91 Å². The number of nitrogens with zero attached hydrogens (tertiary/aromatic N) is 2.